The third-order valence-electron chi connectivity index (χ3n) is 1.90. The van der Waals surface area contributed by atoms with Crippen LogP contribution in [0.1, 0.15) is 0 Å². The second kappa shape index (κ2) is 9.28. The number of rotatable bonds is 3. The molecular weight excluding hydrogens is 225 g/mol. The normalized spacial score (nSPS) is 18.2. The number of piperazine rings is 1. The molecule has 0 spiro atoms. The number of hydrogen-bond acceptors (Lipinski definition) is 5. The molecule has 0 unspecified atom stereocenters. The Morgan fingerprint density at radius 2 is 1.57 bits per heavy atom. The Kier molecular flexibility index (Phi) is 12.3. The van der Waals surface area contributed by atoms with Gasteiger partial charge in [0.25, 0.3) is 0 Å². The molecule has 0 aromatic rings. The summed E-state index contributed by atoms with van der Waals surface area (Å²) in [6, 6.07) is 0. The van der Waals surface area contributed by atoms with E-state index in [-0.39, 0.29) is 65.3 Å². The zero-order chi connectivity index (χ0) is 9.03. The fraction of sp³-hybridized carbons (Fsp3) is 1.00. The molecule has 5 nitrogen and oxygen atoms in total. The molecule has 0 amide bonds. The van der Waals surface area contributed by atoms with Crippen LogP contribution in [-0.2, 0) is 0 Å². The van der Waals surface area contributed by atoms with Gasteiger partial charge in [-0.15, -0.1) is 0 Å². The Labute approximate surface area is 129 Å². The van der Waals surface area contributed by atoms with Crippen molar-refractivity contribution in [3.8, 4) is 0 Å². The summed E-state index contributed by atoms with van der Waals surface area (Å²) in [5.74, 6) is 0. The van der Waals surface area contributed by atoms with Crippen LogP contribution in [-0.4, -0.2) is 43.8 Å². The van der Waals surface area contributed by atoms with Crippen LogP contribution >= 0.6 is 7.94 Å². The number of nitrogens with zero attached hydrogens (tertiary/aromatic N) is 1. The predicted molar refractivity (Wildman–Crippen MR) is 41.1 cm³/mol. The van der Waals surface area contributed by atoms with Crippen molar-refractivity contribution in [1.82, 2.24) is 10.2 Å². The first-order valence-electron chi connectivity index (χ1n) is 4.02. The summed E-state index contributed by atoms with van der Waals surface area (Å²) in [7, 11) is -4.29. The van der Waals surface area contributed by atoms with Gasteiger partial charge in [-0.05, 0) is 0 Å². The fourth-order valence-electron chi connectivity index (χ4n) is 1.20. The molecule has 0 bridgehead atoms. The van der Waals surface area contributed by atoms with E-state index in [9.17, 15) is 14.7 Å². The maximum atomic E-state index is 10.3. The molecule has 1 rings (SSSR count). The molecule has 0 saturated carbocycles. The van der Waals surface area contributed by atoms with Crippen LogP contribution in [0.4, 0.5) is 0 Å². The topological polar surface area (TPSA) is 84.4 Å². The van der Waals surface area contributed by atoms with Crippen molar-refractivity contribution in [2.45, 2.75) is 0 Å². The molecule has 0 aromatic heterocycles. The molecule has 1 aliphatic heterocycles. The van der Waals surface area contributed by atoms with E-state index in [0.29, 0.717) is 6.54 Å². The molecule has 8 heteroatoms. The van der Waals surface area contributed by atoms with Crippen molar-refractivity contribution in [3.05, 3.63) is 0 Å². The predicted octanol–water partition coefficient (Wildman–Crippen LogP) is -9.26. The summed E-state index contributed by atoms with van der Waals surface area (Å²) in [5.41, 5.74) is 0. The van der Waals surface area contributed by atoms with Gasteiger partial charge in [-0.3, -0.25) is 4.90 Å². The van der Waals surface area contributed by atoms with Gasteiger partial charge in [0, 0.05) is 32.7 Å². The van der Waals surface area contributed by atoms with Crippen LogP contribution in [0.2, 0.25) is 0 Å². The average molecular weight is 238 g/mol. The van der Waals surface area contributed by atoms with Crippen molar-refractivity contribution in [1.29, 1.82) is 0 Å². The molecule has 1 fully saturated rings. The van der Waals surface area contributed by atoms with Crippen molar-refractivity contribution >= 4 is 7.94 Å². The third kappa shape index (κ3) is 9.46. The molecule has 1 heterocycles. The van der Waals surface area contributed by atoms with Crippen molar-refractivity contribution in [2.75, 3.05) is 38.9 Å². The van der Waals surface area contributed by atoms with E-state index in [0.717, 1.165) is 26.2 Å². The van der Waals surface area contributed by atoms with Crippen molar-refractivity contribution in [2.24, 2.45) is 0 Å². The third-order valence-corrected chi connectivity index (χ3v) is 2.65. The van der Waals surface area contributed by atoms with E-state index < -0.39 is 7.94 Å². The largest absolute Gasteiger partial charge is 1.00 e. The van der Waals surface area contributed by atoms with Crippen LogP contribution in [0.25, 0.3) is 0 Å². The standard InChI is InChI=1S/C6H15N2O3P.2Na/c9-12(10,11)6-5-8-3-1-7-2-4-8;;/h7H,1-6H2,(H2,9,10,11);;/q;2*+1/p-2. The van der Waals surface area contributed by atoms with Crippen LogP contribution in [0.3, 0.4) is 0 Å². The maximum absolute atomic E-state index is 10.3. The van der Waals surface area contributed by atoms with Crippen LogP contribution < -0.4 is 79.1 Å². The quantitative estimate of drug-likeness (QED) is 0.390. The minimum atomic E-state index is -4.29. The minimum absolute atomic E-state index is 0. The van der Waals surface area contributed by atoms with Gasteiger partial charge < -0.3 is 20.0 Å². The minimum Gasteiger partial charge on any atom is -0.688 e. The summed E-state index contributed by atoms with van der Waals surface area (Å²) < 4.78 is 0. The van der Waals surface area contributed by atoms with Gasteiger partial charge in [-0.1, -0.05) is 0 Å². The van der Waals surface area contributed by atoms with Gasteiger partial charge in [0.2, 0.25) is 0 Å². The van der Waals surface area contributed by atoms with E-state index in [4.69, 9.17) is 0 Å². The van der Waals surface area contributed by atoms with Gasteiger partial charge in [-0.2, -0.15) is 7.94 Å². The molecule has 0 atom stereocenters. The van der Waals surface area contributed by atoms with Gasteiger partial charge >= 0.3 is 59.1 Å². The van der Waals surface area contributed by atoms with Crippen LogP contribution in [0.5, 0.6) is 0 Å². The van der Waals surface area contributed by atoms with Gasteiger partial charge in [0.05, 0.1) is 6.16 Å². The molecule has 0 radical (unpaired) electrons. The van der Waals surface area contributed by atoms with Gasteiger partial charge in [0.1, 0.15) is 0 Å². The van der Waals surface area contributed by atoms with Crippen LogP contribution in [0.15, 0.2) is 0 Å². The molecular formula is C6H13N2Na2O3P. The monoisotopic (exact) mass is 238 g/mol. The van der Waals surface area contributed by atoms with E-state index in [1.54, 1.807) is 0 Å². The molecule has 1 aliphatic rings. The van der Waals surface area contributed by atoms with E-state index in [1.807, 2.05) is 4.90 Å². The molecule has 1 N–H and O–H groups in total. The van der Waals surface area contributed by atoms with E-state index in [1.165, 1.54) is 0 Å². The van der Waals surface area contributed by atoms with Gasteiger partial charge in [0.15, 0.2) is 0 Å². The van der Waals surface area contributed by atoms with Crippen molar-refractivity contribution in [3.63, 3.8) is 0 Å². The second-order valence-corrected chi connectivity index (χ2v) is 4.60. The van der Waals surface area contributed by atoms with Crippen LogP contribution in [0, 0.1) is 0 Å². The Morgan fingerprint density at radius 1 is 1.07 bits per heavy atom. The summed E-state index contributed by atoms with van der Waals surface area (Å²) in [6.45, 7) is 3.80. The van der Waals surface area contributed by atoms with Crippen molar-refractivity contribution < 1.29 is 73.8 Å². The van der Waals surface area contributed by atoms with Gasteiger partial charge in [-0.25, -0.2) is 0 Å². The maximum Gasteiger partial charge on any atom is 1.00 e. The Balaban J connectivity index is 0. The molecule has 14 heavy (non-hydrogen) atoms. The Morgan fingerprint density at radius 3 is 2.00 bits per heavy atom. The second-order valence-electron chi connectivity index (χ2n) is 2.93. The SMILES string of the molecule is [Na+].[Na+].[O-][P+]([O-])([O-])CCN1CCNCC1. The smallest absolute Gasteiger partial charge is 0.688 e. The Hall–Kier alpha value is 2.23. The Bertz CT molecular complexity index is 142. The first kappa shape index (κ1) is 18.6. The summed E-state index contributed by atoms with van der Waals surface area (Å²) >= 11 is 0. The fourth-order valence-corrected chi connectivity index (χ4v) is 1.73. The molecule has 1 saturated heterocycles. The molecule has 72 valence electrons. The molecule has 0 aliphatic carbocycles. The summed E-state index contributed by atoms with van der Waals surface area (Å²) in [4.78, 5) is 32.9. The van der Waals surface area contributed by atoms with E-state index >= 15 is 0 Å². The summed E-state index contributed by atoms with van der Waals surface area (Å²) in [6.07, 6.45) is -0.243. The molecule has 0 aromatic carbocycles. The first-order valence-corrected chi connectivity index (χ1v) is 5.75. The number of nitrogens with one attached hydrogen (secondary N) is 1. The average Bonchev–Trinajstić information content (AvgIpc) is 2.02. The first-order chi connectivity index (χ1) is 5.58. The zero-order valence-electron chi connectivity index (χ0n) is 8.86. The summed E-state index contributed by atoms with van der Waals surface area (Å²) in [5, 5.41) is 3.14. The zero-order valence-corrected chi connectivity index (χ0v) is 13.8. The van der Waals surface area contributed by atoms with E-state index in [2.05, 4.69) is 5.32 Å². The number of hydrogen-bond donors (Lipinski definition) is 1.